The molecule has 0 radical (unpaired) electrons. The van der Waals surface area contributed by atoms with Crippen molar-refractivity contribution < 1.29 is 17.9 Å². The highest BCUT2D eigenvalue weighted by Crippen LogP contribution is 2.31. The maximum Gasteiger partial charge on any atom is 0.264 e. The van der Waals surface area contributed by atoms with Gasteiger partial charge < -0.3 is 10.1 Å². The van der Waals surface area contributed by atoms with Crippen molar-refractivity contribution in [2.24, 2.45) is 0 Å². The van der Waals surface area contributed by atoms with Crippen LogP contribution in [0.25, 0.3) is 0 Å². The van der Waals surface area contributed by atoms with Crippen molar-refractivity contribution in [3.8, 4) is 5.75 Å². The molecular formula is C26H29BrN2O4S. The van der Waals surface area contributed by atoms with E-state index in [0.29, 0.717) is 15.9 Å². The molecule has 3 aromatic rings. The van der Waals surface area contributed by atoms with E-state index in [1.807, 2.05) is 58.0 Å². The van der Waals surface area contributed by atoms with Crippen LogP contribution in [0, 0.1) is 20.8 Å². The van der Waals surface area contributed by atoms with Gasteiger partial charge in [-0.2, -0.15) is 0 Å². The van der Waals surface area contributed by atoms with E-state index >= 15 is 0 Å². The van der Waals surface area contributed by atoms with Crippen molar-refractivity contribution in [2.45, 2.75) is 38.6 Å². The minimum absolute atomic E-state index is 0.0520. The molecule has 3 aromatic carbocycles. The highest BCUT2D eigenvalue weighted by molar-refractivity contribution is 9.10. The summed E-state index contributed by atoms with van der Waals surface area (Å²) in [5.41, 5.74) is 4.55. The van der Waals surface area contributed by atoms with E-state index in [0.717, 1.165) is 26.6 Å². The van der Waals surface area contributed by atoms with Crippen LogP contribution in [0.5, 0.6) is 5.75 Å². The van der Waals surface area contributed by atoms with E-state index < -0.39 is 15.9 Å². The lowest BCUT2D eigenvalue weighted by Gasteiger charge is -2.26. The summed E-state index contributed by atoms with van der Waals surface area (Å²) in [5, 5.41) is 2.95. The van der Waals surface area contributed by atoms with Gasteiger partial charge in [0.1, 0.15) is 12.3 Å². The Balaban J connectivity index is 1.93. The third kappa shape index (κ3) is 5.80. The number of amides is 1. The number of halogens is 1. The molecule has 0 aliphatic carbocycles. The molecule has 34 heavy (non-hydrogen) atoms. The molecule has 0 saturated heterocycles. The number of methoxy groups -OCH3 is 1. The Labute approximate surface area is 210 Å². The number of nitrogens with one attached hydrogen (secondary N) is 1. The summed E-state index contributed by atoms with van der Waals surface area (Å²) >= 11 is 3.35. The van der Waals surface area contributed by atoms with Crippen LogP contribution in [0.1, 0.15) is 35.2 Å². The molecule has 0 aromatic heterocycles. The van der Waals surface area contributed by atoms with Crippen molar-refractivity contribution in [1.82, 2.24) is 5.32 Å². The van der Waals surface area contributed by atoms with Gasteiger partial charge in [-0.3, -0.25) is 9.10 Å². The van der Waals surface area contributed by atoms with Crippen molar-refractivity contribution >= 4 is 37.5 Å². The van der Waals surface area contributed by atoms with Crippen molar-refractivity contribution in [3.05, 3.63) is 87.4 Å². The van der Waals surface area contributed by atoms with Crippen molar-refractivity contribution in [2.75, 3.05) is 18.0 Å². The van der Waals surface area contributed by atoms with Crippen molar-refractivity contribution in [3.63, 3.8) is 0 Å². The lowest BCUT2D eigenvalue weighted by Crippen LogP contribution is -2.41. The van der Waals surface area contributed by atoms with Crippen LogP contribution in [0.15, 0.2) is 70.0 Å². The first-order chi connectivity index (χ1) is 16.0. The molecule has 0 aliphatic heterocycles. The Bertz CT molecular complexity index is 1290. The number of nitrogens with zero attached hydrogens (tertiary/aromatic N) is 1. The number of carbonyl (C=O) groups excluding carboxylic acids is 1. The number of hydrogen-bond acceptors (Lipinski definition) is 4. The van der Waals surface area contributed by atoms with Crippen LogP contribution in [0.2, 0.25) is 0 Å². The fourth-order valence-corrected chi connectivity index (χ4v) is 5.82. The monoisotopic (exact) mass is 544 g/mol. The van der Waals surface area contributed by atoms with Crippen LogP contribution in [-0.2, 0) is 14.8 Å². The lowest BCUT2D eigenvalue weighted by molar-refractivity contribution is -0.120. The average Bonchev–Trinajstić information content (AvgIpc) is 2.79. The van der Waals surface area contributed by atoms with E-state index in [9.17, 15) is 13.2 Å². The van der Waals surface area contributed by atoms with E-state index in [4.69, 9.17) is 4.74 Å². The topological polar surface area (TPSA) is 75.7 Å². The number of rotatable bonds is 8. The predicted octanol–water partition coefficient (Wildman–Crippen LogP) is 5.46. The highest BCUT2D eigenvalue weighted by Gasteiger charge is 2.28. The molecule has 3 rings (SSSR count). The number of sulfonamides is 1. The molecule has 0 aliphatic rings. The minimum atomic E-state index is -4.04. The third-order valence-electron chi connectivity index (χ3n) is 5.60. The fraction of sp³-hybridized carbons (Fsp3) is 0.269. The smallest absolute Gasteiger partial charge is 0.264 e. The number of ether oxygens (including phenoxy) is 1. The Morgan fingerprint density at radius 1 is 1.00 bits per heavy atom. The van der Waals surface area contributed by atoms with Crippen LogP contribution in [-0.4, -0.2) is 28.0 Å². The van der Waals surface area contributed by atoms with E-state index in [2.05, 4.69) is 21.2 Å². The molecule has 6 nitrogen and oxygen atoms in total. The standard InChI is InChI=1S/C26H29BrN2O4S/c1-17-7-10-21(11-8-17)29(34(31,32)22-12-13-25(33-5)24(27)15-22)16-26(30)28-20(4)23-14-18(2)6-9-19(23)3/h6-15,20H,16H2,1-5H3,(H,28,30). The maximum atomic E-state index is 13.6. The summed E-state index contributed by atoms with van der Waals surface area (Å²) in [7, 11) is -2.53. The second-order valence-electron chi connectivity index (χ2n) is 8.29. The van der Waals surface area contributed by atoms with Gasteiger partial charge in [-0.05, 0) is 85.1 Å². The molecule has 0 spiro atoms. The Hall–Kier alpha value is -2.84. The fourth-order valence-electron chi connectivity index (χ4n) is 3.68. The van der Waals surface area contributed by atoms with Gasteiger partial charge >= 0.3 is 0 Å². The van der Waals surface area contributed by atoms with Gasteiger partial charge in [-0.25, -0.2) is 8.42 Å². The molecular weight excluding hydrogens is 516 g/mol. The van der Waals surface area contributed by atoms with Crippen molar-refractivity contribution in [1.29, 1.82) is 0 Å². The number of carbonyl (C=O) groups is 1. The SMILES string of the molecule is COc1ccc(S(=O)(=O)N(CC(=O)NC(C)c2cc(C)ccc2C)c2ccc(C)cc2)cc1Br. The first kappa shape index (κ1) is 25.8. The zero-order valence-corrected chi connectivity index (χ0v) is 22.3. The molecule has 1 N–H and O–H groups in total. The van der Waals surface area contributed by atoms with E-state index in [1.54, 1.807) is 18.2 Å². The summed E-state index contributed by atoms with van der Waals surface area (Å²) in [5.74, 6) is 0.117. The summed E-state index contributed by atoms with van der Waals surface area (Å²) < 4.78 is 34.1. The normalized spacial score (nSPS) is 12.2. The number of benzene rings is 3. The predicted molar refractivity (Wildman–Crippen MR) is 139 cm³/mol. The second kappa shape index (κ2) is 10.6. The number of anilines is 1. The Morgan fingerprint density at radius 2 is 1.65 bits per heavy atom. The lowest BCUT2D eigenvalue weighted by atomic mass is 10.00. The Morgan fingerprint density at radius 3 is 2.26 bits per heavy atom. The molecule has 8 heteroatoms. The van der Waals surface area contributed by atoms with Gasteiger partial charge in [-0.1, -0.05) is 41.5 Å². The molecule has 0 heterocycles. The van der Waals surface area contributed by atoms with Crippen LogP contribution >= 0.6 is 15.9 Å². The quantitative estimate of drug-likeness (QED) is 0.408. The van der Waals surface area contributed by atoms with Gasteiger partial charge in [0.05, 0.1) is 28.2 Å². The second-order valence-corrected chi connectivity index (χ2v) is 11.0. The first-order valence-electron chi connectivity index (χ1n) is 10.8. The molecule has 0 saturated carbocycles. The average molecular weight is 545 g/mol. The summed E-state index contributed by atoms with van der Waals surface area (Å²) in [4.78, 5) is 13.1. The van der Waals surface area contributed by atoms with E-state index in [-0.39, 0.29) is 17.5 Å². The Kier molecular flexibility index (Phi) is 8.05. The zero-order valence-electron chi connectivity index (χ0n) is 19.9. The van der Waals surface area contributed by atoms with Crippen LogP contribution < -0.4 is 14.4 Å². The van der Waals surface area contributed by atoms with Gasteiger partial charge in [0, 0.05) is 0 Å². The number of aryl methyl sites for hydroxylation is 3. The van der Waals surface area contributed by atoms with Gasteiger partial charge in [0.15, 0.2) is 0 Å². The highest BCUT2D eigenvalue weighted by atomic mass is 79.9. The largest absolute Gasteiger partial charge is 0.496 e. The summed E-state index contributed by atoms with van der Waals surface area (Å²) in [6.07, 6.45) is 0. The van der Waals surface area contributed by atoms with Crippen LogP contribution in [0.3, 0.4) is 0 Å². The van der Waals surface area contributed by atoms with Crippen LogP contribution in [0.4, 0.5) is 5.69 Å². The zero-order chi connectivity index (χ0) is 25.0. The van der Waals surface area contributed by atoms with E-state index in [1.165, 1.54) is 19.2 Å². The molecule has 0 fully saturated rings. The van der Waals surface area contributed by atoms with Gasteiger partial charge in [0.2, 0.25) is 5.91 Å². The van der Waals surface area contributed by atoms with Gasteiger partial charge in [0.25, 0.3) is 10.0 Å². The molecule has 0 bridgehead atoms. The number of hydrogen-bond donors (Lipinski definition) is 1. The molecule has 1 amide bonds. The third-order valence-corrected chi connectivity index (χ3v) is 7.99. The summed E-state index contributed by atoms with van der Waals surface area (Å²) in [6.45, 7) is 7.44. The molecule has 1 unspecified atom stereocenters. The van der Waals surface area contributed by atoms with Gasteiger partial charge in [-0.15, -0.1) is 0 Å². The summed E-state index contributed by atoms with van der Waals surface area (Å²) in [6, 6.07) is 17.4. The minimum Gasteiger partial charge on any atom is -0.496 e. The molecule has 1 atom stereocenters. The maximum absolute atomic E-state index is 13.6. The molecule has 180 valence electrons. The first-order valence-corrected chi connectivity index (χ1v) is 13.1.